The maximum Gasteiger partial charge on any atom is 0.261 e. The number of aliphatic imine (C=N–C) groups is 1. The second-order valence-corrected chi connectivity index (χ2v) is 6.96. The molecule has 1 atom stereocenters. The molecule has 0 spiro atoms. The van der Waals surface area contributed by atoms with Gasteiger partial charge in [0.15, 0.2) is 5.96 Å². The van der Waals surface area contributed by atoms with Gasteiger partial charge in [0, 0.05) is 32.7 Å². The summed E-state index contributed by atoms with van der Waals surface area (Å²) < 4.78 is 0. The molecule has 6 heteroatoms. The van der Waals surface area contributed by atoms with E-state index in [9.17, 15) is 4.79 Å². The molecule has 2 rings (SSSR count). The van der Waals surface area contributed by atoms with E-state index in [1.165, 1.54) is 24.2 Å². The van der Waals surface area contributed by atoms with Crippen molar-refractivity contribution in [2.45, 2.75) is 33.1 Å². The van der Waals surface area contributed by atoms with Crippen molar-refractivity contribution in [3.8, 4) is 0 Å². The average molecular weight is 337 g/mol. The highest BCUT2D eigenvalue weighted by molar-refractivity contribution is 7.12. The fourth-order valence-electron chi connectivity index (χ4n) is 2.77. The van der Waals surface area contributed by atoms with Crippen LogP contribution in [0.3, 0.4) is 0 Å². The molecule has 1 fully saturated rings. The van der Waals surface area contributed by atoms with Crippen LogP contribution in [0.2, 0.25) is 0 Å². The second kappa shape index (κ2) is 9.55. The molecule has 23 heavy (non-hydrogen) atoms. The largest absolute Gasteiger partial charge is 0.357 e. The summed E-state index contributed by atoms with van der Waals surface area (Å²) in [5, 5.41) is 8.25. The van der Waals surface area contributed by atoms with Crippen LogP contribution in [0.4, 0.5) is 0 Å². The minimum Gasteiger partial charge on any atom is -0.357 e. The van der Waals surface area contributed by atoms with Gasteiger partial charge in [0.1, 0.15) is 0 Å². The monoisotopic (exact) mass is 336 g/mol. The topological polar surface area (TPSA) is 56.7 Å². The van der Waals surface area contributed by atoms with E-state index < -0.39 is 0 Å². The Morgan fingerprint density at radius 1 is 1.48 bits per heavy atom. The van der Waals surface area contributed by atoms with Gasteiger partial charge in [-0.3, -0.25) is 9.79 Å². The van der Waals surface area contributed by atoms with E-state index in [0.29, 0.717) is 6.54 Å². The Morgan fingerprint density at radius 3 is 3.04 bits per heavy atom. The van der Waals surface area contributed by atoms with Crippen molar-refractivity contribution < 1.29 is 4.79 Å². The third-order valence-corrected chi connectivity index (χ3v) is 4.79. The van der Waals surface area contributed by atoms with Crippen LogP contribution in [-0.2, 0) is 0 Å². The molecular weight excluding hydrogens is 308 g/mol. The Hall–Kier alpha value is -1.56. The predicted octanol–water partition coefficient (Wildman–Crippen LogP) is 2.57. The molecule has 0 radical (unpaired) electrons. The third-order valence-electron chi connectivity index (χ3n) is 3.92. The van der Waals surface area contributed by atoms with E-state index in [4.69, 9.17) is 4.99 Å². The molecular formula is C17H28N4OS. The van der Waals surface area contributed by atoms with E-state index in [1.807, 2.05) is 17.5 Å². The summed E-state index contributed by atoms with van der Waals surface area (Å²) in [6, 6.07) is 3.74. The Labute approximate surface area is 143 Å². The third kappa shape index (κ3) is 5.86. The molecule has 128 valence electrons. The highest BCUT2D eigenvalue weighted by Gasteiger charge is 2.18. The number of hydrogen-bond donors (Lipinski definition) is 2. The lowest BCUT2D eigenvalue weighted by molar-refractivity contribution is 0.0957. The zero-order chi connectivity index (χ0) is 16.5. The van der Waals surface area contributed by atoms with Gasteiger partial charge in [-0.05, 0) is 43.6 Å². The van der Waals surface area contributed by atoms with Gasteiger partial charge < -0.3 is 15.5 Å². The highest BCUT2D eigenvalue weighted by atomic mass is 32.1. The van der Waals surface area contributed by atoms with Gasteiger partial charge in [-0.25, -0.2) is 0 Å². The van der Waals surface area contributed by atoms with E-state index in [1.54, 1.807) is 0 Å². The minimum absolute atomic E-state index is 0.0146. The number of nitrogens with zero attached hydrogens (tertiary/aromatic N) is 2. The molecule has 0 bridgehead atoms. The standard InChI is InChI=1S/C17H28N4OS/c1-3-18-17(21-11-4-7-14(2)13-21)20-10-6-9-19-16(22)15-8-5-12-23-15/h5,8,12,14H,3-4,6-7,9-11,13H2,1-2H3,(H,18,20)(H,19,22). The lowest BCUT2D eigenvalue weighted by Gasteiger charge is -2.33. The van der Waals surface area contributed by atoms with Gasteiger partial charge in [0.05, 0.1) is 4.88 Å². The van der Waals surface area contributed by atoms with Crippen molar-refractivity contribution in [2.75, 3.05) is 32.7 Å². The SMILES string of the molecule is CCNC(=NCCCNC(=O)c1cccs1)N1CCCC(C)C1. The molecule has 1 unspecified atom stereocenters. The molecule has 1 aromatic rings. The molecule has 1 saturated heterocycles. The molecule has 0 aromatic carbocycles. The first kappa shape index (κ1) is 17.8. The lowest BCUT2D eigenvalue weighted by Crippen LogP contribution is -2.46. The first-order valence-corrected chi connectivity index (χ1v) is 9.43. The van der Waals surface area contributed by atoms with Gasteiger partial charge in [0.25, 0.3) is 5.91 Å². The number of amides is 1. The van der Waals surface area contributed by atoms with E-state index in [-0.39, 0.29) is 5.91 Å². The molecule has 0 saturated carbocycles. The van der Waals surface area contributed by atoms with Gasteiger partial charge in [0.2, 0.25) is 0 Å². The van der Waals surface area contributed by atoms with Crippen molar-refractivity contribution >= 4 is 23.2 Å². The molecule has 1 aliphatic rings. The number of guanidine groups is 1. The summed E-state index contributed by atoms with van der Waals surface area (Å²) in [4.78, 5) is 19.7. The van der Waals surface area contributed by atoms with Crippen LogP contribution in [0, 0.1) is 5.92 Å². The molecule has 2 heterocycles. The van der Waals surface area contributed by atoms with E-state index >= 15 is 0 Å². The summed E-state index contributed by atoms with van der Waals surface area (Å²) >= 11 is 1.47. The van der Waals surface area contributed by atoms with Crippen molar-refractivity contribution in [3.05, 3.63) is 22.4 Å². The van der Waals surface area contributed by atoms with Crippen LogP contribution in [0.15, 0.2) is 22.5 Å². The fraction of sp³-hybridized carbons (Fsp3) is 0.647. The van der Waals surface area contributed by atoms with Crippen molar-refractivity contribution in [1.82, 2.24) is 15.5 Å². The summed E-state index contributed by atoms with van der Waals surface area (Å²) in [5.41, 5.74) is 0. The number of piperidine rings is 1. The van der Waals surface area contributed by atoms with Crippen LogP contribution in [0.5, 0.6) is 0 Å². The predicted molar refractivity (Wildman–Crippen MR) is 97.2 cm³/mol. The molecule has 1 aromatic heterocycles. The molecule has 2 N–H and O–H groups in total. The summed E-state index contributed by atoms with van der Waals surface area (Å²) in [6.45, 7) is 8.86. The summed E-state index contributed by atoms with van der Waals surface area (Å²) in [5.74, 6) is 1.77. The van der Waals surface area contributed by atoms with E-state index in [0.717, 1.165) is 49.4 Å². The Balaban J connectivity index is 1.73. The summed E-state index contributed by atoms with van der Waals surface area (Å²) in [7, 11) is 0. The maximum atomic E-state index is 11.8. The number of rotatable bonds is 6. The zero-order valence-corrected chi connectivity index (χ0v) is 15.0. The number of carbonyl (C=O) groups excluding carboxylic acids is 1. The van der Waals surface area contributed by atoms with Gasteiger partial charge in [-0.2, -0.15) is 0 Å². The minimum atomic E-state index is 0.0146. The maximum absolute atomic E-state index is 11.8. The van der Waals surface area contributed by atoms with Crippen LogP contribution in [0.1, 0.15) is 42.8 Å². The lowest BCUT2D eigenvalue weighted by atomic mass is 10.0. The fourth-order valence-corrected chi connectivity index (χ4v) is 3.41. The quantitative estimate of drug-likeness (QED) is 0.477. The highest BCUT2D eigenvalue weighted by Crippen LogP contribution is 2.15. The Kier molecular flexibility index (Phi) is 7.39. The number of carbonyl (C=O) groups is 1. The molecule has 0 aliphatic carbocycles. The Morgan fingerprint density at radius 2 is 2.35 bits per heavy atom. The van der Waals surface area contributed by atoms with E-state index in [2.05, 4.69) is 29.4 Å². The van der Waals surface area contributed by atoms with Crippen LogP contribution in [-0.4, -0.2) is 49.5 Å². The van der Waals surface area contributed by atoms with Crippen molar-refractivity contribution in [2.24, 2.45) is 10.9 Å². The summed E-state index contributed by atoms with van der Waals surface area (Å²) in [6.07, 6.45) is 3.41. The van der Waals surface area contributed by atoms with Crippen molar-refractivity contribution in [1.29, 1.82) is 0 Å². The van der Waals surface area contributed by atoms with Crippen LogP contribution >= 0.6 is 11.3 Å². The first-order chi connectivity index (χ1) is 11.2. The molecule has 1 aliphatic heterocycles. The van der Waals surface area contributed by atoms with Gasteiger partial charge in [-0.1, -0.05) is 13.0 Å². The molecule has 5 nitrogen and oxygen atoms in total. The van der Waals surface area contributed by atoms with Crippen molar-refractivity contribution in [3.63, 3.8) is 0 Å². The molecule has 1 amide bonds. The second-order valence-electron chi connectivity index (χ2n) is 6.02. The van der Waals surface area contributed by atoms with Crippen LogP contribution < -0.4 is 10.6 Å². The normalized spacial score (nSPS) is 18.8. The van der Waals surface area contributed by atoms with Crippen LogP contribution in [0.25, 0.3) is 0 Å². The number of nitrogens with one attached hydrogen (secondary N) is 2. The smallest absolute Gasteiger partial charge is 0.261 e. The Bertz CT molecular complexity index is 501. The number of hydrogen-bond acceptors (Lipinski definition) is 3. The zero-order valence-electron chi connectivity index (χ0n) is 14.2. The average Bonchev–Trinajstić information content (AvgIpc) is 3.08. The van der Waals surface area contributed by atoms with Gasteiger partial charge in [-0.15, -0.1) is 11.3 Å². The number of likely N-dealkylation sites (tertiary alicyclic amines) is 1. The first-order valence-electron chi connectivity index (χ1n) is 8.55. The number of thiophene rings is 1. The van der Waals surface area contributed by atoms with Gasteiger partial charge >= 0.3 is 0 Å².